The predicted octanol–water partition coefficient (Wildman–Crippen LogP) is 4.31. The standard InChI is InChI=1S/C17H18BrNO2/c1-11-4-3-5-13(8-11)12(2)19-10-15-7-6-14(17(20)21)9-16(15)18/h3-9,12,19H,10H2,1-2H3,(H,20,21)/t12-/m0/s1. The molecule has 0 aliphatic heterocycles. The zero-order valence-corrected chi connectivity index (χ0v) is 13.6. The Morgan fingerprint density at radius 3 is 2.67 bits per heavy atom. The molecular formula is C17H18BrNO2. The molecule has 3 nitrogen and oxygen atoms in total. The van der Waals surface area contributed by atoms with Gasteiger partial charge in [0.1, 0.15) is 0 Å². The lowest BCUT2D eigenvalue weighted by Crippen LogP contribution is -2.18. The predicted molar refractivity (Wildman–Crippen MR) is 87.5 cm³/mol. The van der Waals surface area contributed by atoms with Gasteiger partial charge in [-0.05, 0) is 37.1 Å². The van der Waals surface area contributed by atoms with Crippen molar-refractivity contribution in [2.24, 2.45) is 0 Å². The van der Waals surface area contributed by atoms with E-state index >= 15 is 0 Å². The fourth-order valence-electron chi connectivity index (χ4n) is 2.14. The molecule has 0 unspecified atom stereocenters. The van der Waals surface area contributed by atoms with Crippen molar-refractivity contribution in [3.8, 4) is 0 Å². The maximum Gasteiger partial charge on any atom is 0.335 e. The molecule has 0 aliphatic carbocycles. The van der Waals surface area contributed by atoms with Gasteiger partial charge < -0.3 is 10.4 Å². The van der Waals surface area contributed by atoms with Gasteiger partial charge >= 0.3 is 5.97 Å². The lowest BCUT2D eigenvalue weighted by atomic mass is 10.1. The lowest BCUT2D eigenvalue weighted by Gasteiger charge is -2.16. The molecule has 2 rings (SSSR count). The second kappa shape index (κ2) is 6.87. The van der Waals surface area contributed by atoms with E-state index in [2.05, 4.69) is 59.4 Å². The first-order valence-corrected chi connectivity index (χ1v) is 7.58. The summed E-state index contributed by atoms with van der Waals surface area (Å²) in [5.74, 6) is -0.914. The Morgan fingerprint density at radius 1 is 1.29 bits per heavy atom. The molecule has 110 valence electrons. The quantitative estimate of drug-likeness (QED) is 0.847. The second-order valence-electron chi connectivity index (χ2n) is 5.13. The third-order valence-corrected chi connectivity index (χ3v) is 4.18. The van der Waals surface area contributed by atoms with Gasteiger partial charge in [0.05, 0.1) is 5.56 Å². The van der Waals surface area contributed by atoms with Crippen LogP contribution in [0.1, 0.15) is 40.0 Å². The molecule has 1 atom stereocenters. The highest BCUT2D eigenvalue weighted by Gasteiger charge is 2.09. The summed E-state index contributed by atoms with van der Waals surface area (Å²) in [4.78, 5) is 10.9. The first-order chi connectivity index (χ1) is 9.97. The van der Waals surface area contributed by atoms with Crippen LogP contribution in [-0.4, -0.2) is 11.1 Å². The first-order valence-electron chi connectivity index (χ1n) is 6.79. The lowest BCUT2D eigenvalue weighted by molar-refractivity contribution is 0.0697. The van der Waals surface area contributed by atoms with Crippen molar-refractivity contribution < 1.29 is 9.90 Å². The minimum atomic E-state index is -0.914. The minimum Gasteiger partial charge on any atom is -0.478 e. The third kappa shape index (κ3) is 4.16. The molecule has 21 heavy (non-hydrogen) atoms. The van der Waals surface area contributed by atoms with Gasteiger partial charge in [0, 0.05) is 17.1 Å². The molecule has 2 aromatic rings. The fourth-order valence-corrected chi connectivity index (χ4v) is 2.66. The summed E-state index contributed by atoms with van der Waals surface area (Å²) in [6.07, 6.45) is 0. The Balaban J connectivity index is 2.04. The number of aromatic carboxylic acids is 1. The van der Waals surface area contributed by atoms with E-state index in [9.17, 15) is 4.79 Å². The topological polar surface area (TPSA) is 49.3 Å². The molecule has 0 radical (unpaired) electrons. The molecule has 0 aliphatic rings. The highest BCUT2D eigenvalue weighted by molar-refractivity contribution is 9.10. The Hall–Kier alpha value is -1.65. The van der Waals surface area contributed by atoms with Crippen molar-refractivity contribution in [3.05, 3.63) is 69.2 Å². The van der Waals surface area contributed by atoms with Gasteiger partial charge in [-0.2, -0.15) is 0 Å². The van der Waals surface area contributed by atoms with E-state index in [4.69, 9.17) is 5.11 Å². The van der Waals surface area contributed by atoms with Crippen molar-refractivity contribution >= 4 is 21.9 Å². The van der Waals surface area contributed by atoms with E-state index in [0.29, 0.717) is 6.54 Å². The van der Waals surface area contributed by atoms with Crippen LogP contribution in [0.3, 0.4) is 0 Å². The molecule has 0 bridgehead atoms. The van der Waals surface area contributed by atoms with Crippen LogP contribution < -0.4 is 5.32 Å². The van der Waals surface area contributed by atoms with E-state index < -0.39 is 5.97 Å². The molecular weight excluding hydrogens is 330 g/mol. The van der Waals surface area contributed by atoms with Gasteiger partial charge in [-0.25, -0.2) is 4.79 Å². The monoisotopic (exact) mass is 347 g/mol. The molecule has 2 aromatic carbocycles. The van der Waals surface area contributed by atoms with Crippen LogP contribution in [0.4, 0.5) is 0 Å². The number of carbonyl (C=O) groups is 1. The van der Waals surface area contributed by atoms with Crippen LogP contribution in [0.5, 0.6) is 0 Å². The Morgan fingerprint density at radius 2 is 2.05 bits per heavy atom. The van der Waals surface area contributed by atoms with Crippen LogP contribution in [0.25, 0.3) is 0 Å². The number of carboxylic acids is 1. The number of nitrogens with one attached hydrogen (secondary N) is 1. The van der Waals surface area contributed by atoms with E-state index in [1.807, 2.05) is 6.07 Å². The molecule has 0 amide bonds. The van der Waals surface area contributed by atoms with Gasteiger partial charge in [0.15, 0.2) is 0 Å². The zero-order valence-electron chi connectivity index (χ0n) is 12.1. The molecule has 0 saturated carbocycles. The average Bonchev–Trinajstić information content (AvgIpc) is 2.45. The van der Waals surface area contributed by atoms with Crippen LogP contribution in [-0.2, 0) is 6.54 Å². The largest absolute Gasteiger partial charge is 0.478 e. The van der Waals surface area contributed by atoms with Crippen molar-refractivity contribution in [2.45, 2.75) is 26.4 Å². The van der Waals surface area contributed by atoms with Crippen LogP contribution >= 0.6 is 15.9 Å². The summed E-state index contributed by atoms with van der Waals surface area (Å²) in [5, 5.41) is 12.4. The Labute approximate surface area is 133 Å². The number of hydrogen-bond donors (Lipinski definition) is 2. The SMILES string of the molecule is Cc1cccc([C@H](C)NCc2ccc(C(=O)O)cc2Br)c1. The Bertz CT molecular complexity index is 655. The van der Waals surface area contributed by atoms with Crippen LogP contribution in [0.2, 0.25) is 0 Å². The number of carboxylic acid groups (broad SMARTS) is 1. The molecule has 0 spiro atoms. The molecule has 0 fully saturated rings. The van der Waals surface area contributed by atoms with E-state index in [-0.39, 0.29) is 11.6 Å². The van der Waals surface area contributed by atoms with Crippen molar-refractivity contribution in [1.29, 1.82) is 0 Å². The smallest absolute Gasteiger partial charge is 0.335 e. The van der Waals surface area contributed by atoms with Gasteiger partial charge in [-0.15, -0.1) is 0 Å². The highest BCUT2D eigenvalue weighted by atomic mass is 79.9. The highest BCUT2D eigenvalue weighted by Crippen LogP contribution is 2.20. The van der Waals surface area contributed by atoms with Gasteiger partial charge in [0.2, 0.25) is 0 Å². The van der Waals surface area contributed by atoms with Gasteiger partial charge in [0.25, 0.3) is 0 Å². The molecule has 0 heterocycles. The minimum absolute atomic E-state index is 0.232. The maximum atomic E-state index is 10.9. The summed E-state index contributed by atoms with van der Waals surface area (Å²) >= 11 is 3.43. The van der Waals surface area contributed by atoms with Crippen molar-refractivity contribution in [1.82, 2.24) is 5.32 Å². The van der Waals surface area contributed by atoms with E-state index in [0.717, 1.165) is 10.0 Å². The number of benzene rings is 2. The molecule has 2 N–H and O–H groups in total. The molecule has 4 heteroatoms. The number of hydrogen-bond acceptors (Lipinski definition) is 2. The third-order valence-electron chi connectivity index (χ3n) is 3.44. The molecule has 0 aromatic heterocycles. The Kier molecular flexibility index (Phi) is 5.15. The van der Waals surface area contributed by atoms with Crippen molar-refractivity contribution in [3.63, 3.8) is 0 Å². The fraction of sp³-hybridized carbons (Fsp3) is 0.235. The zero-order chi connectivity index (χ0) is 15.4. The van der Waals surface area contributed by atoms with Crippen molar-refractivity contribution in [2.75, 3.05) is 0 Å². The number of aryl methyl sites for hydroxylation is 1. The van der Waals surface area contributed by atoms with Crippen LogP contribution in [0, 0.1) is 6.92 Å². The average molecular weight is 348 g/mol. The summed E-state index contributed by atoms with van der Waals surface area (Å²) < 4.78 is 0.811. The van der Waals surface area contributed by atoms with Crippen LogP contribution in [0.15, 0.2) is 46.9 Å². The number of rotatable bonds is 5. The molecule has 0 saturated heterocycles. The number of halogens is 1. The summed E-state index contributed by atoms with van der Waals surface area (Å²) in [6, 6.07) is 13.7. The summed E-state index contributed by atoms with van der Waals surface area (Å²) in [7, 11) is 0. The van der Waals surface area contributed by atoms with E-state index in [1.165, 1.54) is 11.1 Å². The maximum absolute atomic E-state index is 10.9. The summed E-state index contributed by atoms with van der Waals surface area (Å²) in [6.45, 7) is 4.88. The second-order valence-corrected chi connectivity index (χ2v) is 5.98. The van der Waals surface area contributed by atoms with Gasteiger partial charge in [-0.3, -0.25) is 0 Å². The van der Waals surface area contributed by atoms with E-state index in [1.54, 1.807) is 12.1 Å². The first kappa shape index (κ1) is 15.7. The normalized spacial score (nSPS) is 12.1. The van der Waals surface area contributed by atoms with Gasteiger partial charge in [-0.1, -0.05) is 51.8 Å². The summed E-state index contributed by atoms with van der Waals surface area (Å²) in [5.41, 5.74) is 3.82.